The normalized spacial score (nSPS) is 11.4. The Morgan fingerprint density at radius 1 is 0.882 bits per heavy atom. The standard InChI is InChI=1S/C14H16OPTe/c1-2-15-16(17,13-9-5-3-6-10-13)14-11-7-4-8-12-14/h3-12,17H,2H2,1H3/q+1. The summed E-state index contributed by atoms with van der Waals surface area (Å²) < 4.78 is 6.13. The molecule has 2 aromatic carbocycles. The number of rotatable bonds is 4. The first-order valence-electron chi connectivity index (χ1n) is 5.65. The molecule has 2 aromatic rings. The van der Waals surface area contributed by atoms with Crippen molar-refractivity contribution in [3.8, 4) is 0 Å². The molecule has 0 fully saturated rings. The molecule has 17 heavy (non-hydrogen) atoms. The van der Waals surface area contributed by atoms with E-state index in [1.165, 1.54) is 10.6 Å². The van der Waals surface area contributed by atoms with Gasteiger partial charge in [0, 0.05) is 0 Å². The van der Waals surface area contributed by atoms with E-state index in [0.717, 1.165) is 6.61 Å². The average Bonchev–Trinajstić information content (AvgIpc) is 2.41. The van der Waals surface area contributed by atoms with Gasteiger partial charge in [-0.3, -0.25) is 0 Å². The van der Waals surface area contributed by atoms with Crippen LogP contribution in [0.2, 0.25) is 0 Å². The molecule has 2 rings (SSSR count). The van der Waals surface area contributed by atoms with Crippen LogP contribution in [-0.2, 0) is 4.52 Å². The predicted octanol–water partition coefficient (Wildman–Crippen LogP) is 2.42. The Hall–Kier alpha value is -0.380. The van der Waals surface area contributed by atoms with Crippen LogP contribution in [-0.4, -0.2) is 28.4 Å². The summed E-state index contributed by atoms with van der Waals surface area (Å²) in [7, 11) is 0. The van der Waals surface area contributed by atoms with E-state index in [2.05, 4.69) is 67.6 Å². The van der Waals surface area contributed by atoms with Gasteiger partial charge in [0.05, 0.1) is 0 Å². The van der Waals surface area contributed by atoms with Gasteiger partial charge in [-0.05, 0) is 0 Å². The van der Waals surface area contributed by atoms with Crippen LogP contribution in [0.15, 0.2) is 60.7 Å². The van der Waals surface area contributed by atoms with Crippen LogP contribution in [0.1, 0.15) is 6.92 Å². The molecular weight excluding hydrogens is 343 g/mol. The zero-order valence-corrected chi connectivity index (χ0v) is 13.2. The van der Waals surface area contributed by atoms with Crippen LogP contribution in [0.4, 0.5) is 0 Å². The molecule has 0 radical (unpaired) electrons. The van der Waals surface area contributed by atoms with Crippen LogP contribution in [0.5, 0.6) is 0 Å². The third-order valence-corrected chi connectivity index (χ3v) is 10.1. The van der Waals surface area contributed by atoms with Gasteiger partial charge in [0.25, 0.3) is 0 Å². The van der Waals surface area contributed by atoms with E-state index in [-0.39, 0.29) is 0 Å². The summed E-state index contributed by atoms with van der Waals surface area (Å²) in [5.74, 6) is 0. The molecule has 0 atom stereocenters. The van der Waals surface area contributed by atoms with Crippen LogP contribution in [0.3, 0.4) is 0 Å². The Morgan fingerprint density at radius 2 is 1.29 bits per heavy atom. The Balaban J connectivity index is 2.47. The van der Waals surface area contributed by atoms with Crippen LogP contribution < -0.4 is 10.6 Å². The monoisotopic (exact) mass is 361 g/mol. The van der Waals surface area contributed by atoms with Crippen molar-refractivity contribution in [3.05, 3.63) is 60.7 Å². The summed E-state index contributed by atoms with van der Waals surface area (Å²) in [5, 5.41) is 1.02. The Morgan fingerprint density at radius 3 is 1.65 bits per heavy atom. The van der Waals surface area contributed by atoms with Crippen molar-refractivity contribution < 1.29 is 4.52 Å². The third-order valence-electron chi connectivity index (χ3n) is 2.53. The van der Waals surface area contributed by atoms with Crippen LogP contribution in [0, 0.1) is 0 Å². The molecule has 0 aliphatic heterocycles. The summed E-state index contributed by atoms with van der Waals surface area (Å²) >= 11 is 1.81. The van der Waals surface area contributed by atoms with E-state index in [1.807, 2.05) is 0 Å². The van der Waals surface area contributed by atoms with Gasteiger partial charge in [-0.2, -0.15) is 0 Å². The van der Waals surface area contributed by atoms with Gasteiger partial charge in [0.1, 0.15) is 0 Å². The SMILES string of the molecule is CCO[P+]([TeH])(c1ccccc1)c1ccccc1. The zero-order valence-electron chi connectivity index (χ0n) is 9.78. The summed E-state index contributed by atoms with van der Waals surface area (Å²) in [6.45, 7) is 2.82. The van der Waals surface area contributed by atoms with Crippen molar-refractivity contribution in [2.24, 2.45) is 0 Å². The van der Waals surface area contributed by atoms with Gasteiger partial charge in [0.2, 0.25) is 0 Å². The van der Waals surface area contributed by atoms with Crippen LogP contribution >= 0.6 is 5.18 Å². The fraction of sp³-hybridized carbons (Fsp3) is 0.143. The van der Waals surface area contributed by atoms with E-state index < -0.39 is 5.18 Å². The Bertz CT molecular complexity index is 419. The van der Waals surface area contributed by atoms with Crippen molar-refractivity contribution in [1.82, 2.24) is 0 Å². The van der Waals surface area contributed by atoms with Gasteiger partial charge >= 0.3 is 116 Å². The molecule has 0 bridgehead atoms. The molecule has 0 saturated carbocycles. The summed E-state index contributed by atoms with van der Waals surface area (Å²) in [4.78, 5) is 0. The number of hydrogen-bond acceptors (Lipinski definition) is 1. The van der Waals surface area contributed by atoms with Crippen LogP contribution in [0.25, 0.3) is 0 Å². The first-order valence-corrected chi connectivity index (χ1v) is 10.7. The second kappa shape index (κ2) is 5.98. The van der Waals surface area contributed by atoms with Crippen molar-refractivity contribution in [2.45, 2.75) is 6.92 Å². The molecule has 0 spiro atoms. The Kier molecular flexibility index (Phi) is 4.60. The van der Waals surface area contributed by atoms with Crippen molar-refractivity contribution >= 4 is 37.5 Å². The maximum absolute atomic E-state index is 6.13. The Labute approximate surface area is 116 Å². The molecule has 0 aliphatic carbocycles. The molecule has 0 saturated heterocycles. The van der Waals surface area contributed by atoms with Gasteiger partial charge in [-0.15, -0.1) is 0 Å². The summed E-state index contributed by atoms with van der Waals surface area (Å²) in [6, 6.07) is 21.2. The van der Waals surface area contributed by atoms with Gasteiger partial charge in [0.15, 0.2) is 0 Å². The van der Waals surface area contributed by atoms with Crippen molar-refractivity contribution in [1.29, 1.82) is 0 Å². The minimum atomic E-state index is -1.62. The van der Waals surface area contributed by atoms with E-state index in [9.17, 15) is 0 Å². The van der Waals surface area contributed by atoms with Gasteiger partial charge < -0.3 is 0 Å². The van der Waals surface area contributed by atoms with Crippen molar-refractivity contribution in [3.63, 3.8) is 0 Å². The first kappa shape index (κ1) is 13.1. The second-order valence-electron chi connectivity index (χ2n) is 3.66. The summed E-state index contributed by atoms with van der Waals surface area (Å²) in [6.07, 6.45) is 0. The molecule has 0 aliphatic rings. The van der Waals surface area contributed by atoms with E-state index >= 15 is 0 Å². The van der Waals surface area contributed by atoms with E-state index in [4.69, 9.17) is 4.52 Å². The quantitative estimate of drug-likeness (QED) is 0.602. The molecule has 3 heteroatoms. The van der Waals surface area contributed by atoms with E-state index in [0.29, 0.717) is 0 Å². The number of hydrogen-bond donors (Lipinski definition) is 0. The molecular formula is C14H16OPTe+. The molecule has 0 heterocycles. The fourth-order valence-electron chi connectivity index (χ4n) is 1.75. The average molecular weight is 359 g/mol. The molecule has 88 valence electrons. The predicted molar refractivity (Wildman–Crippen MR) is 77.8 cm³/mol. The fourth-order valence-corrected chi connectivity index (χ4v) is 7.14. The van der Waals surface area contributed by atoms with Gasteiger partial charge in [-0.25, -0.2) is 0 Å². The maximum atomic E-state index is 6.13. The third kappa shape index (κ3) is 2.90. The van der Waals surface area contributed by atoms with Crippen molar-refractivity contribution in [2.75, 3.05) is 6.61 Å². The van der Waals surface area contributed by atoms with Gasteiger partial charge in [-0.1, -0.05) is 0 Å². The minimum absolute atomic E-state index is 0.757. The zero-order chi connectivity index (χ0) is 12.1. The molecule has 0 aromatic heterocycles. The second-order valence-corrected chi connectivity index (χ2v) is 10.9. The number of benzene rings is 2. The molecule has 1 nitrogen and oxygen atoms in total. The molecule has 0 unspecified atom stereocenters. The topological polar surface area (TPSA) is 9.23 Å². The van der Waals surface area contributed by atoms with E-state index in [1.54, 1.807) is 21.7 Å². The molecule has 0 amide bonds. The summed E-state index contributed by atoms with van der Waals surface area (Å²) in [5.41, 5.74) is 0. The molecule has 0 N–H and O–H groups in total. The first-order chi connectivity index (χ1) is 8.27.